The fourth-order valence-corrected chi connectivity index (χ4v) is 7.94. The fourth-order valence-electron chi connectivity index (χ4n) is 7.94. The molecule has 0 spiro atoms. The van der Waals surface area contributed by atoms with Gasteiger partial charge in [-0.25, -0.2) is 4.68 Å². The molecule has 5 aliphatic heterocycles. The highest BCUT2D eigenvalue weighted by molar-refractivity contribution is 5.84. The lowest BCUT2D eigenvalue weighted by molar-refractivity contribution is -0.139. The van der Waals surface area contributed by atoms with Crippen LogP contribution < -0.4 is 10.6 Å². The van der Waals surface area contributed by atoms with E-state index in [9.17, 15) is 19.5 Å². The predicted octanol–water partition coefficient (Wildman–Crippen LogP) is -0.198. The van der Waals surface area contributed by atoms with E-state index in [4.69, 9.17) is 4.74 Å². The quantitative estimate of drug-likeness (QED) is 0.437. The van der Waals surface area contributed by atoms with Gasteiger partial charge in [0.25, 0.3) is 0 Å². The zero-order valence-corrected chi connectivity index (χ0v) is 24.9. The van der Waals surface area contributed by atoms with Gasteiger partial charge in [0.2, 0.25) is 17.7 Å². The third-order valence-corrected chi connectivity index (χ3v) is 10.2. The molecule has 6 aliphatic rings. The van der Waals surface area contributed by atoms with Crippen LogP contribution >= 0.6 is 0 Å². The third kappa shape index (κ3) is 6.06. The Morgan fingerprint density at radius 2 is 1.67 bits per heavy atom. The Morgan fingerprint density at radius 3 is 2.40 bits per heavy atom. The van der Waals surface area contributed by atoms with Crippen LogP contribution in [0.4, 0.5) is 0 Å². The monoisotopic (exact) mass is 586 g/mol. The lowest BCUT2D eigenvalue weighted by Crippen LogP contribution is -2.56. The second-order valence-corrected chi connectivity index (χ2v) is 13.0. The molecule has 0 unspecified atom stereocenters. The van der Waals surface area contributed by atoms with Crippen molar-refractivity contribution in [1.82, 2.24) is 40.3 Å². The van der Waals surface area contributed by atoms with Crippen LogP contribution in [-0.2, 0) is 25.7 Å². The normalized spacial score (nSPS) is 35.8. The van der Waals surface area contributed by atoms with E-state index in [2.05, 4.69) is 30.7 Å². The number of aliphatic hydroxyl groups excluding tert-OH is 1. The molecule has 1 saturated carbocycles. The number of aliphatic hydroxyl groups is 1. The Morgan fingerprint density at radius 1 is 0.952 bits per heavy atom. The summed E-state index contributed by atoms with van der Waals surface area (Å²) in [5.41, 5.74) is 0.737. The number of carbonyl (C=O) groups excluding carboxylic acids is 3. The van der Waals surface area contributed by atoms with Gasteiger partial charge in [0.15, 0.2) is 0 Å². The smallest absolute Gasteiger partial charge is 0.240 e. The number of ether oxygens (including phenoxy) is 1. The van der Waals surface area contributed by atoms with Gasteiger partial charge >= 0.3 is 0 Å². The Bertz CT molecular complexity index is 1130. The molecule has 1 aromatic heterocycles. The molecule has 42 heavy (non-hydrogen) atoms. The number of fused-ring (bicyclic) bond motifs is 8. The number of nitrogens with one attached hydrogen (secondary N) is 2. The van der Waals surface area contributed by atoms with E-state index in [1.807, 2.05) is 15.8 Å². The van der Waals surface area contributed by atoms with E-state index in [0.717, 1.165) is 31.4 Å². The molecule has 3 N–H and O–H groups in total. The van der Waals surface area contributed by atoms with Crippen molar-refractivity contribution in [1.29, 1.82) is 0 Å². The molecule has 5 saturated heterocycles. The minimum atomic E-state index is -1.02. The molecule has 3 amide bonds. The Labute approximate surface area is 247 Å². The minimum absolute atomic E-state index is 0.0366. The summed E-state index contributed by atoms with van der Waals surface area (Å²) in [6, 6.07) is -0.854. The van der Waals surface area contributed by atoms with Crippen LogP contribution in [0.25, 0.3) is 0 Å². The van der Waals surface area contributed by atoms with Gasteiger partial charge in [0.1, 0.15) is 5.69 Å². The van der Waals surface area contributed by atoms with Crippen molar-refractivity contribution >= 4 is 17.7 Å². The molecule has 6 fully saturated rings. The molecule has 6 heterocycles. The molecule has 0 aromatic carbocycles. The number of rotatable bonds is 4. The summed E-state index contributed by atoms with van der Waals surface area (Å²) < 4.78 is 7.03. The number of likely N-dealkylation sites (tertiary alicyclic amines) is 1. The zero-order valence-electron chi connectivity index (χ0n) is 24.9. The first-order valence-electron chi connectivity index (χ1n) is 15.8. The average molecular weight is 587 g/mol. The first kappa shape index (κ1) is 29.5. The Hall–Kier alpha value is -2.61. The van der Waals surface area contributed by atoms with Gasteiger partial charge in [-0.2, -0.15) is 0 Å². The van der Waals surface area contributed by atoms with Crippen LogP contribution in [0.5, 0.6) is 0 Å². The SMILES string of the molecule is COCc1cn([C@H]2C[C@H]3C(=O)N[C@@H](C)[C@@H](O)CC(=O)N[C@@H]4C[C@@H](C(=O)N5CCC(CC5)N3C2)N(C2CCCC2)C4)nn1. The summed E-state index contributed by atoms with van der Waals surface area (Å²) in [6.07, 6.45) is 8.06. The van der Waals surface area contributed by atoms with Gasteiger partial charge in [0.05, 0.1) is 49.5 Å². The maximum Gasteiger partial charge on any atom is 0.240 e. The molecule has 13 nitrogen and oxygen atoms in total. The Kier molecular flexibility index (Phi) is 8.80. The zero-order chi connectivity index (χ0) is 29.4. The highest BCUT2D eigenvalue weighted by atomic mass is 16.5. The largest absolute Gasteiger partial charge is 0.390 e. The van der Waals surface area contributed by atoms with Crippen LogP contribution in [0.3, 0.4) is 0 Å². The highest BCUT2D eigenvalue weighted by Crippen LogP contribution is 2.35. The number of aromatic nitrogens is 3. The third-order valence-electron chi connectivity index (χ3n) is 10.2. The summed E-state index contributed by atoms with van der Waals surface area (Å²) >= 11 is 0. The molecule has 1 aliphatic carbocycles. The number of carbonyl (C=O) groups is 3. The van der Waals surface area contributed by atoms with E-state index in [1.54, 1.807) is 14.0 Å². The van der Waals surface area contributed by atoms with Crippen molar-refractivity contribution in [3.8, 4) is 0 Å². The predicted molar refractivity (Wildman–Crippen MR) is 152 cm³/mol. The molecule has 0 radical (unpaired) electrons. The van der Waals surface area contributed by atoms with Gasteiger partial charge in [-0.15, -0.1) is 5.10 Å². The van der Waals surface area contributed by atoms with E-state index in [-0.39, 0.29) is 48.3 Å². The number of hydrogen-bond acceptors (Lipinski definition) is 9. The fraction of sp³-hybridized carbons (Fsp3) is 0.828. The number of nitrogens with zero attached hydrogens (tertiary/aromatic N) is 6. The molecule has 1 aromatic rings. The number of hydrogen-bond donors (Lipinski definition) is 3. The highest BCUT2D eigenvalue weighted by Gasteiger charge is 2.46. The summed E-state index contributed by atoms with van der Waals surface area (Å²) in [4.78, 5) is 47.2. The number of piperidine rings is 1. The van der Waals surface area contributed by atoms with Crippen molar-refractivity contribution in [2.45, 2.75) is 120 Å². The summed E-state index contributed by atoms with van der Waals surface area (Å²) in [5, 5.41) is 25.5. The molecule has 232 valence electrons. The first-order chi connectivity index (χ1) is 20.3. The maximum atomic E-state index is 13.9. The second kappa shape index (κ2) is 12.6. The van der Waals surface area contributed by atoms with Crippen molar-refractivity contribution in [2.75, 3.05) is 33.3 Å². The minimum Gasteiger partial charge on any atom is -0.390 e. The van der Waals surface area contributed by atoms with E-state index in [0.29, 0.717) is 51.7 Å². The number of amides is 3. The van der Waals surface area contributed by atoms with Crippen molar-refractivity contribution in [2.24, 2.45) is 0 Å². The average Bonchev–Trinajstić information content (AvgIpc) is 3.78. The standard InChI is InChI=1S/C29H46N8O5/c1-18-26(38)13-27(39)31-19-11-25(35(14-19)21-5-3-4-6-21)29(41)34-9-7-22(8-10-34)36-16-23(12-24(36)28(40)30-18)37-15-20(17-42-2)32-33-37/h15,18-19,21-26,38H,3-14,16-17H2,1-2H3,(H,30,40)(H,31,39)/t18-,19+,23-,24-,25-,26-/m0/s1. The second-order valence-electron chi connectivity index (χ2n) is 13.0. The van der Waals surface area contributed by atoms with Crippen molar-refractivity contribution in [3.05, 3.63) is 11.9 Å². The van der Waals surface area contributed by atoms with Gasteiger partial charge in [-0.1, -0.05) is 18.1 Å². The Balaban J connectivity index is 1.23. The number of methoxy groups -OCH3 is 1. The van der Waals surface area contributed by atoms with Crippen molar-refractivity contribution < 1.29 is 24.2 Å². The van der Waals surface area contributed by atoms with Gasteiger partial charge < -0.3 is 25.4 Å². The molecule has 4 bridgehead atoms. The molecule has 13 heteroatoms. The summed E-state index contributed by atoms with van der Waals surface area (Å²) in [7, 11) is 1.62. The first-order valence-corrected chi connectivity index (χ1v) is 15.8. The lowest BCUT2D eigenvalue weighted by atomic mass is 10.00. The topological polar surface area (TPSA) is 145 Å². The molecular formula is C29H46N8O5. The van der Waals surface area contributed by atoms with Crippen LogP contribution in [0.2, 0.25) is 0 Å². The van der Waals surface area contributed by atoms with Crippen LogP contribution in [-0.4, -0.2) is 128 Å². The van der Waals surface area contributed by atoms with Gasteiger partial charge in [-0.3, -0.25) is 24.2 Å². The van der Waals surface area contributed by atoms with Gasteiger partial charge in [0, 0.05) is 51.4 Å². The van der Waals surface area contributed by atoms with Crippen molar-refractivity contribution in [3.63, 3.8) is 0 Å². The molecular weight excluding hydrogens is 540 g/mol. The maximum absolute atomic E-state index is 13.9. The van der Waals surface area contributed by atoms with Crippen LogP contribution in [0.1, 0.15) is 76.4 Å². The molecule has 6 atom stereocenters. The van der Waals surface area contributed by atoms with E-state index < -0.39 is 18.2 Å². The summed E-state index contributed by atoms with van der Waals surface area (Å²) in [5.74, 6) is -0.244. The summed E-state index contributed by atoms with van der Waals surface area (Å²) in [6.45, 7) is 4.74. The van der Waals surface area contributed by atoms with Crippen LogP contribution in [0, 0.1) is 0 Å². The van der Waals surface area contributed by atoms with Gasteiger partial charge in [-0.05, 0) is 45.4 Å². The lowest BCUT2D eigenvalue weighted by Gasteiger charge is -2.41. The van der Waals surface area contributed by atoms with E-state index in [1.165, 1.54) is 12.8 Å². The van der Waals surface area contributed by atoms with E-state index >= 15 is 0 Å². The molecule has 7 rings (SSSR count). The van der Waals surface area contributed by atoms with Crippen LogP contribution in [0.15, 0.2) is 6.20 Å².